The molecule has 0 saturated heterocycles. The smallest absolute Gasteiger partial charge is 0.328 e. The Morgan fingerprint density at radius 1 is 1.00 bits per heavy atom. The average molecular weight is 422 g/mol. The van der Waals surface area contributed by atoms with Gasteiger partial charge in [-0.1, -0.05) is 6.42 Å². The molecule has 3 amide bonds. The van der Waals surface area contributed by atoms with E-state index in [1.807, 2.05) is 0 Å². The maximum atomic E-state index is 12.2. The Balaban J connectivity index is 4.71. The van der Waals surface area contributed by atoms with Gasteiger partial charge in [-0.05, 0) is 33.2 Å². The Labute approximate surface area is 169 Å². The van der Waals surface area contributed by atoms with Crippen LogP contribution in [0.4, 0.5) is 0 Å². The quantitative estimate of drug-likeness (QED) is 0.116. The van der Waals surface area contributed by atoms with E-state index < -0.39 is 54.0 Å². The molecular weight excluding hydrogens is 390 g/mol. The highest BCUT2D eigenvalue weighted by atomic mass is 32.1. The fourth-order valence-electron chi connectivity index (χ4n) is 2.16. The Morgan fingerprint density at radius 3 is 2.07 bits per heavy atom. The minimum atomic E-state index is -1.53. The zero-order chi connectivity index (χ0) is 21.9. The summed E-state index contributed by atoms with van der Waals surface area (Å²) in [5.74, 6) is -3.54. The topological polar surface area (TPSA) is 197 Å². The van der Waals surface area contributed by atoms with Gasteiger partial charge in [0, 0.05) is 5.75 Å². The molecule has 5 unspecified atom stereocenters. The lowest BCUT2D eigenvalue weighted by Gasteiger charge is -2.23. The summed E-state index contributed by atoms with van der Waals surface area (Å²) in [5, 5.41) is 25.4. The molecule has 0 rings (SSSR count). The van der Waals surface area contributed by atoms with E-state index in [0.717, 1.165) is 6.42 Å². The molecule has 0 spiro atoms. The van der Waals surface area contributed by atoms with Crippen LogP contribution in [0.5, 0.6) is 0 Å². The zero-order valence-electron chi connectivity index (χ0n) is 16.1. The summed E-state index contributed by atoms with van der Waals surface area (Å²) in [7, 11) is 0. The van der Waals surface area contributed by atoms with Crippen molar-refractivity contribution in [3.8, 4) is 0 Å². The van der Waals surface area contributed by atoms with Gasteiger partial charge in [-0.2, -0.15) is 12.6 Å². The molecular formula is C16H31N5O6S. The van der Waals surface area contributed by atoms with Crippen molar-refractivity contribution < 1.29 is 29.4 Å². The predicted octanol–water partition coefficient (Wildman–Crippen LogP) is -2.69. The van der Waals surface area contributed by atoms with Gasteiger partial charge in [-0.3, -0.25) is 14.4 Å². The molecule has 0 heterocycles. The lowest BCUT2D eigenvalue weighted by Crippen LogP contribution is -2.58. The maximum Gasteiger partial charge on any atom is 0.328 e. The van der Waals surface area contributed by atoms with E-state index in [9.17, 15) is 24.3 Å². The van der Waals surface area contributed by atoms with Crippen LogP contribution in [0.2, 0.25) is 0 Å². The van der Waals surface area contributed by atoms with Gasteiger partial charge in [0.1, 0.15) is 12.1 Å². The Kier molecular flexibility index (Phi) is 12.4. The summed E-state index contributed by atoms with van der Waals surface area (Å²) in [6.45, 7) is 3.13. The molecule has 12 heteroatoms. The number of rotatable bonds is 13. The van der Waals surface area contributed by atoms with Gasteiger partial charge in [-0.15, -0.1) is 0 Å². The standard InChI is InChI=1S/C16H31N5O6S/c1-8(19-14(24)10(18)5-3-4-6-17)13(23)20-11(7-28)15(25)21-12(9(2)22)16(26)27/h8-12,22,28H,3-7,17-18H2,1-2H3,(H,19,24)(H,20,23)(H,21,25)(H,26,27). The lowest BCUT2D eigenvalue weighted by atomic mass is 10.1. The Morgan fingerprint density at radius 2 is 1.61 bits per heavy atom. The van der Waals surface area contributed by atoms with Crippen LogP contribution in [-0.4, -0.2) is 76.5 Å². The molecule has 162 valence electrons. The lowest BCUT2D eigenvalue weighted by molar-refractivity contribution is -0.145. The highest BCUT2D eigenvalue weighted by Crippen LogP contribution is 2.00. The van der Waals surface area contributed by atoms with E-state index in [1.54, 1.807) is 0 Å². The van der Waals surface area contributed by atoms with Crippen molar-refractivity contribution in [2.75, 3.05) is 12.3 Å². The van der Waals surface area contributed by atoms with Crippen LogP contribution in [0.25, 0.3) is 0 Å². The molecule has 0 fully saturated rings. The molecule has 0 aromatic heterocycles. The third-order valence-electron chi connectivity index (χ3n) is 3.92. The van der Waals surface area contributed by atoms with Gasteiger partial charge in [0.05, 0.1) is 12.1 Å². The van der Waals surface area contributed by atoms with Crippen LogP contribution < -0.4 is 27.4 Å². The zero-order valence-corrected chi connectivity index (χ0v) is 16.9. The number of nitrogens with one attached hydrogen (secondary N) is 3. The van der Waals surface area contributed by atoms with Crippen molar-refractivity contribution in [1.82, 2.24) is 16.0 Å². The first-order valence-corrected chi connectivity index (χ1v) is 9.56. The number of thiol groups is 1. The van der Waals surface area contributed by atoms with E-state index in [2.05, 4.69) is 28.6 Å². The minimum Gasteiger partial charge on any atom is -0.480 e. The first-order chi connectivity index (χ1) is 13.0. The summed E-state index contributed by atoms with van der Waals surface area (Å²) in [4.78, 5) is 47.4. The van der Waals surface area contributed by atoms with E-state index >= 15 is 0 Å². The fraction of sp³-hybridized carbons (Fsp3) is 0.750. The molecule has 11 nitrogen and oxygen atoms in total. The van der Waals surface area contributed by atoms with Crippen LogP contribution in [-0.2, 0) is 19.2 Å². The van der Waals surface area contributed by atoms with E-state index in [0.29, 0.717) is 19.4 Å². The normalized spacial score (nSPS) is 16.2. The minimum absolute atomic E-state index is 0.122. The molecule has 0 aromatic rings. The highest BCUT2D eigenvalue weighted by Gasteiger charge is 2.30. The van der Waals surface area contributed by atoms with Gasteiger partial charge < -0.3 is 37.6 Å². The second-order valence-corrected chi connectivity index (χ2v) is 6.80. The number of aliphatic carboxylic acids is 1. The number of carboxylic acid groups (broad SMARTS) is 1. The third kappa shape index (κ3) is 9.35. The molecule has 28 heavy (non-hydrogen) atoms. The second-order valence-electron chi connectivity index (χ2n) is 6.43. The number of carbonyl (C=O) groups excluding carboxylic acids is 3. The van der Waals surface area contributed by atoms with Crippen LogP contribution in [0.15, 0.2) is 0 Å². The van der Waals surface area contributed by atoms with Crippen molar-refractivity contribution in [1.29, 1.82) is 0 Å². The first kappa shape index (κ1) is 26.1. The number of aliphatic hydroxyl groups excluding tert-OH is 1. The van der Waals surface area contributed by atoms with Crippen molar-refractivity contribution in [3.05, 3.63) is 0 Å². The first-order valence-electron chi connectivity index (χ1n) is 8.93. The monoisotopic (exact) mass is 421 g/mol. The number of aliphatic hydroxyl groups is 1. The maximum absolute atomic E-state index is 12.2. The highest BCUT2D eigenvalue weighted by molar-refractivity contribution is 7.80. The van der Waals surface area contributed by atoms with Gasteiger partial charge in [-0.25, -0.2) is 4.79 Å². The SMILES string of the molecule is CC(NC(=O)C(N)CCCCN)C(=O)NC(CS)C(=O)NC(C(=O)O)C(C)O. The number of unbranched alkanes of at least 4 members (excludes halogenated alkanes) is 1. The fourth-order valence-corrected chi connectivity index (χ4v) is 2.42. The van der Waals surface area contributed by atoms with Crippen molar-refractivity contribution in [3.63, 3.8) is 0 Å². The van der Waals surface area contributed by atoms with Crippen molar-refractivity contribution in [2.24, 2.45) is 11.5 Å². The molecule has 0 aliphatic heterocycles. The number of nitrogens with two attached hydrogens (primary N) is 2. The largest absolute Gasteiger partial charge is 0.480 e. The predicted molar refractivity (Wildman–Crippen MR) is 106 cm³/mol. The van der Waals surface area contributed by atoms with Crippen molar-refractivity contribution in [2.45, 2.75) is 63.4 Å². The molecule has 9 N–H and O–H groups in total. The van der Waals surface area contributed by atoms with Gasteiger partial charge in [0.2, 0.25) is 17.7 Å². The van der Waals surface area contributed by atoms with Gasteiger partial charge in [0.15, 0.2) is 6.04 Å². The molecule has 0 saturated carbocycles. The summed E-state index contributed by atoms with van der Waals surface area (Å²) >= 11 is 3.97. The molecule has 0 bridgehead atoms. The Bertz CT molecular complexity index is 548. The van der Waals surface area contributed by atoms with Gasteiger partial charge in [0.25, 0.3) is 0 Å². The van der Waals surface area contributed by atoms with Gasteiger partial charge >= 0.3 is 5.97 Å². The number of hydrogen-bond donors (Lipinski definition) is 8. The molecule has 0 radical (unpaired) electrons. The van der Waals surface area contributed by atoms with E-state index in [-0.39, 0.29) is 5.75 Å². The summed E-state index contributed by atoms with van der Waals surface area (Å²) in [6.07, 6.45) is 0.507. The van der Waals surface area contributed by atoms with Crippen LogP contribution in [0.1, 0.15) is 33.1 Å². The molecule has 0 aliphatic carbocycles. The summed E-state index contributed by atoms with van der Waals surface area (Å²) < 4.78 is 0. The van der Waals surface area contributed by atoms with Crippen LogP contribution >= 0.6 is 12.6 Å². The molecule has 0 aromatic carbocycles. The van der Waals surface area contributed by atoms with Crippen LogP contribution in [0.3, 0.4) is 0 Å². The summed E-state index contributed by atoms with van der Waals surface area (Å²) in [6, 6.07) is -4.45. The number of hydrogen-bond acceptors (Lipinski definition) is 8. The van der Waals surface area contributed by atoms with E-state index in [1.165, 1.54) is 13.8 Å². The number of carboxylic acids is 1. The molecule has 0 aliphatic rings. The Hall–Kier alpha value is -1.89. The van der Waals surface area contributed by atoms with Crippen molar-refractivity contribution >= 4 is 36.3 Å². The third-order valence-corrected chi connectivity index (χ3v) is 4.28. The average Bonchev–Trinajstić information content (AvgIpc) is 2.62. The number of amides is 3. The molecule has 5 atom stereocenters. The second kappa shape index (κ2) is 13.3. The van der Waals surface area contributed by atoms with E-state index in [4.69, 9.17) is 16.6 Å². The number of carbonyl (C=O) groups is 4. The summed E-state index contributed by atoms with van der Waals surface area (Å²) in [5.41, 5.74) is 11.1. The van der Waals surface area contributed by atoms with Crippen LogP contribution in [0, 0.1) is 0 Å².